The van der Waals surface area contributed by atoms with Crippen LogP contribution in [0.4, 0.5) is 0 Å². The number of hydrogen-bond donors (Lipinski definition) is 2. The lowest BCUT2D eigenvalue weighted by Gasteiger charge is -2.35. The average molecular weight is 532 g/mol. The molecule has 1 saturated heterocycles. The molecule has 2 N–H and O–H groups in total. The summed E-state index contributed by atoms with van der Waals surface area (Å²) in [6.45, 7) is 3.80. The number of rotatable bonds is 10. The maximum absolute atomic E-state index is 11.2. The van der Waals surface area contributed by atoms with Gasteiger partial charge >= 0.3 is 5.97 Å². The summed E-state index contributed by atoms with van der Waals surface area (Å²) in [5.74, 6) is 1.51. The first-order chi connectivity index (χ1) is 14.2. The number of hydrogen-bond acceptors (Lipinski definition) is 5. The smallest absolute Gasteiger partial charge is 0.305 e. The van der Waals surface area contributed by atoms with E-state index in [1.54, 1.807) is 14.2 Å². The zero-order valence-electron chi connectivity index (χ0n) is 18.5. The Morgan fingerprint density at radius 2 is 1.80 bits per heavy atom. The molecule has 30 heavy (non-hydrogen) atoms. The molecule has 1 aliphatic heterocycles. The summed E-state index contributed by atoms with van der Waals surface area (Å²) in [6.07, 6.45) is 5.97. The van der Waals surface area contributed by atoms with Crippen LogP contribution >= 0.6 is 24.0 Å². The molecule has 0 spiro atoms. The van der Waals surface area contributed by atoms with Crippen molar-refractivity contribution in [1.82, 2.24) is 15.5 Å². The van der Waals surface area contributed by atoms with E-state index in [0.717, 1.165) is 50.7 Å². The van der Waals surface area contributed by atoms with Crippen molar-refractivity contribution in [3.05, 3.63) is 29.8 Å². The SMILES string of the molecule is CN=C(NCCCCC(=O)OC)NCC(c1ccc(OC)cc1)N1CCCCC1.I. The standard InChI is InChI=1S/C22H36N4O3.HI/c1-23-22(24-14-6-5-9-21(27)29-3)25-17-20(26-15-7-4-8-16-26)18-10-12-19(28-2)13-11-18;/h10-13,20H,4-9,14-17H2,1-3H3,(H2,23,24,25);1H. The Hall–Kier alpha value is -1.55. The van der Waals surface area contributed by atoms with Crippen molar-refractivity contribution >= 4 is 35.9 Å². The number of esters is 1. The van der Waals surface area contributed by atoms with Gasteiger partial charge in [0.05, 0.1) is 20.3 Å². The number of unbranched alkanes of at least 4 members (excludes halogenated alkanes) is 1. The number of aliphatic imine (C=N–C) groups is 1. The van der Waals surface area contributed by atoms with Crippen LogP contribution in [0.15, 0.2) is 29.3 Å². The van der Waals surface area contributed by atoms with Crippen molar-refractivity contribution in [2.24, 2.45) is 4.99 Å². The van der Waals surface area contributed by atoms with Gasteiger partial charge in [0.1, 0.15) is 5.75 Å². The minimum absolute atomic E-state index is 0. The van der Waals surface area contributed by atoms with Crippen LogP contribution in [0.3, 0.4) is 0 Å². The van der Waals surface area contributed by atoms with E-state index in [4.69, 9.17) is 4.74 Å². The topological polar surface area (TPSA) is 75.2 Å². The normalized spacial score (nSPS) is 15.6. The fourth-order valence-corrected chi connectivity index (χ4v) is 3.63. The third-order valence-corrected chi connectivity index (χ3v) is 5.35. The highest BCUT2D eigenvalue weighted by Crippen LogP contribution is 2.25. The van der Waals surface area contributed by atoms with Crippen LogP contribution in [-0.2, 0) is 9.53 Å². The molecule has 7 nitrogen and oxygen atoms in total. The van der Waals surface area contributed by atoms with E-state index in [2.05, 4.69) is 37.4 Å². The second kappa shape index (κ2) is 15.3. The van der Waals surface area contributed by atoms with Gasteiger partial charge in [-0.25, -0.2) is 0 Å². The van der Waals surface area contributed by atoms with Gasteiger partial charge in [0, 0.05) is 26.6 Å². The molecule has 1 fully saturated rings. The summed E-state index contributed by atoms with van der Waals surface area (Å²) >= 11 is 0. The molecule has 1 aliphatic rings. The molecule has 1 aromatic rings. The lowest BCUT2D eigenvalue weighted by molar-refractivity contribution is -0.140. The molecule has 1 heterocycles. The van der Waals surface area contributed by atoms with Crippen LogP contribution in [0.2, 0.25) is 0 Å². The van der Waals surface area contributed by atoms with Gasteiger partial charge in [-0.2, -0.15) is 0 Å². The summed E-state index contributed by atoms with van der Waals surface area (Å²) in [5.41, 5.74) is 1.29. The molecule has 0 amide bonds. The van der Waals surface area contributed by atoms with Crippen LogP contribution < -0.4 is 15.4 Å². The number of halogens is 1. The van der Waals surface area contributed by atoms with Gasteiger partial charge in [-0.3, -0.25) is 14.7 Å². The molecule has 0 aromatic heterocycles. The second-order valence-corrected chi connectivity index (χ2v) is 7.30. The fraction of sp³-hybridized carbons (Fsp3) is 0.636. The van der Waals surface area contributed by atoms with E-state index in [-0.39, 0.29) is 29.9 Å². The number of piperidine rings is 1. The Kier molecular flexibility index (Phi) is 13.5. The highest BCUT2D eigenvalue weighted by Gasteiger charge is 2.22. The van der Waals surface area contributed by atoms with Gasteiger partial charge in [0.2, 0.25) is 0 Å². The van der Waals surface area contributed by atoms with Gasteiger partial charge in [0.15, 0.2) is 5.96 Å². The highest BCUT2D eigenvalue weighted by molar-refractivity contribution is 14.0. The van der Waals surface area contributed by atoms with E-state index in [1.807, 2.05) is 12.1 Å². The van der Waals surface area contributed by atoms with Crippen molar-refractivity contribution in [3.63, 3.8) is 0 Å². The average Bonchev–Trinajstić information content (AvgIpc) is 2.78. The molecule has 0 saturated carbocycles. The Morgan fingerprint density at radius 3 is 2.40 bits per heavy atom. The number of guanidine groups is 1. The minimum atomic E-state index is -0.156. The summed E-state index contributed by atoms with van der Waals surface area (Å²) in [4.78, 5) is 18.1. The summed E-state index contributed by atoms with van der Waals surface area (Å²) in [7, 11) is 4.90. The first-order valence-electron chi connectivity index (χ1n) is 10.6. The van der Waals surface area contributed by atoms with Crippen molar-refractivity contribution < 1.29 is 14.3 Å². The van der Waals surface area contributed by atoms with E-state index in [0.29, 0.717) is 12.5 Å². The maximum atomic E-state index is 11.2. The molecule has 0 bridgehead atoms. The first-order valence-corrected chi connectivity index (χ1v) is 10.6. The lowest BCUT2D eigenvalue weighted by atomic mass is 10.0. The predicted octanol–water partition coefficient (Wildman–Crippen LogP) is 3.35. The molecule has 1 aromatic carbocycles. The Labute approximate surface area is 198 Å². The van der Waals surface area contributed by atoms with Gasteiger partial charge in [-0.05, 0) is 56.5 Å². The highest BCUT2D eigenvalue weighted by atomic mass is 127. The lowest BCUT2D eigenvalue weighted by Crippen LogP contribution is -2.44. The molecular weight excluding hydrogens is 495 g/mol. The minimum Gasteiger partial charge on any atom is -0.497 e. The van der Waals surface area contributed by atoms with Gasteiger partial charge in [-0.1, -0.05) is 18.6 Å². The summed E-state index contributed by atoms with van der Waals surface area (Å²) in [6, 6.07) is 8.66. The summed E-state index contributed by atoms with van der Waals surface area (Å²) < 4.78 is 9.98. The quantitative estimate of drug-likeness (QED) is 0.158. The van der Waals surface area contributed by atoms with Crippen molar-refractivity contribution in [2.45, 2.75) is 44.6 Å². The largest absolute Gasteiger partial charge is 0.497 e. The molecule has 1 unspecified atom stereocenters. The number of likely N-dealkylation sites (tertiary alicyclic amines) is 1. The Bertz CT molecular complexity index is 634. The van der Waals surface area contributed by atoms with E-state index in [9.17, 15) is 4.79 Å². The third-order valence-electron chi connectivity index (χ3n) is 5.35. The number of carbonyl (C=O) groups excluding carboxylic acids is 1. The number of benzene rings is 1. The van der Waals surface area contributed by atoms with E-state index in [1.165, 1.54) is 31.9 Å². The van der Waals surface area contributed by atoms with Crippen molar-refractivity contribution in [2.75, 3.05) is 47.4 Å². The van der Waals surface area contributed by atoms with Gasteiger partial charge in [-0.15, -0.1) is 24.0 Å². The van der Waals surface area contributed by atoms with Crippen molar-refractivity contribution in [1.29, 1.82) is 0 Å². The fourth-order valence-electron chi connectivity index (χ4n) is 3.63. The van der Waals surface area contributed by atoms with Crippen LogP contribution in [-0.4, -0.2) is 64.3 Å². The van der Waals surface area contributed by atoms with E-state index < -0.39 is 0 Å². The Morgan fingerprint density at radius 1 is 1.10 bits per heavy atom. The van der Waals surface area contributed by atoms with E-state index >= 15 is 0 Å². The molecule has 8 heteroatoms. The van der Waals surface area contributed by atoms with Crippen LogP contribution in [0.1, 0.15) is 50.1 Å². The molecular formula is C22H37IN4O3. The van der Waals surface area contributed by atoms with Crippen LogP contribution in [0.5, 0.6) is 5.75 Å². The maximum Gasteiger partial charge on any atom is 0.305 e. The molecule has 0 aliphatic carbocycles. The third kappa shape index (κ3) is 9.07. The van der Waals surface area contributed by atoms with Crippen LogP contribution in [0.25, 0.3) is 0 Å². The Balaban J connectivity index is 0.00000450. The summed E-state index contributed by atoms with van der Waals surface area (Å²) in [5, 5.41) is 6.82. The zero-order valence-corrected chi connectivity index (χ0v) is 20.8. The van der Waals surface area contributed by atoms with Crippen molar-refractivity contribution in [3.8, 4) is 5.75 Å². The molecule has 2 rings (SSSR count). The number of ether oxygens (including phenoxy) is 2. The molecule has 1 atom stereocenters. The van der Waals surface area contributed by atoms with Gasteiger partial charge < -0.3 is 20.1 Å². The number of nitrogens with one attached hydrogen (secondary N) is 2. The van der Waals surface area contributed by atoms with Crippen LogP contribution in [0, 0.1) is 0 Å². The number of carbonyl (C=O) groups is 1. The molecule has 170 valence electrons. The molecule has 0 radical (unpaired) electrons. The number of methoxy groups -OCH3 is 2. The monoisotopic (exact) mass is 532 g/mol. The second-order valence-electron chi connectivity index (χ2n) is 7.30. The zero-order chi connectivity index (χ0) is 20.9. The van der Waals surface area contributed by atoms with Gasteiger partial charge in [0.25, 0.3) is 0 Å². The predicted molar refractivity (Wildman–Crippen MR) is 132 cm³/mol. The first kappa shape index (κ1) is 26.5. The number of nitrogens with zero attached hydrogens (tertiary/aromatic N) is 2.